The third-order valence-corrected chi connectivity index (χ3v) is 4.52. The molecule has 0 aliphatic rings. The molecule has 4 aromatic rings. The minimum Gasteiger partial charge on any atom is -0.507 e. The van der Waals surface area contributed by atoms with Crippen LogP contribution in [0.2, 0.25) is 0 Å². The summed E-state index contributed by atoms with van der Waals surface area (Å²) >= 11 is 0. The average Bonchev–Trinajstić information content (AvgIpc) is 2.91. The lowest BCUT2D eigenvalue weighted by Gasteiger charge is -2.04. The van der Waals surface area contributed by atoms with Crippen LogP contribution in [0.15, 0.2) is 54.6 Å². The van der Waals surface area contributed by atoms with Crippen molar-refractivity contribution >= 4 is 21.7 Å². The standard InChI is InChI=1S/C20H17FN2O/c1-13-18-12-19(24)16-4-2-3-5-17(16)20(18)22-23(13)11-10-14-6-8-15(21)9-7-14/h2-9,12,24H,10-11H2,1H3. The van der Waals surface area contributed by atoms with Crippen molar-refractivity contribution in [2.75, 3.05) is 0 Å². The van der Waals surface area contributed by atoms with Gasteiger partial charge < -0.3 is 5.11 Å². The van der Waals surface area contributed by atoms with Gasteiger partial charge in [-0.25, -0.2) is 4.39 Å². The molecule has 3 aromatic carbocycles. The summed E-state index contributed by atoms with van der Waals surface area (Å²) in [5.41, 5.74) is 3.00. The highest BCUT2D eigenvalue weighted by Gasteiger charge is 2.13. The first-order valence-corrected chi connectivity index (χ1v) is 7.96. The smallest absolute Gasteiger partial charge is 0.124 e. The molecule has 0 radical (unpaired) electrons. The van der Waals surface area contributed by atoms with Gasteiger partial charge in [0.15, 0.2) is 0 Å². The van der Waals surface area contributed by atoms with Gasteiger partial charge in [0.1, 0.15) is 17.1 Å². The number of hydrogen-bond donors (Lipinski definition) is 1. The van der Waals surface area contributed by atoms with Crippen LogP contribution in [0.1, 0.15) is 11.3 Å². The predicted molar refractivity (Wildman–Crippen MR) is 93.7 cm³/mol. The number of benzene rings is 3. The highest BCUT2D eigenvalue weighted by Crippen LogP contribution is 2.33. The fourth-order valence-electron chi connectivity index (χ4n) is 3.16. The molecule has 0 unspecified atom stereocenters. The molecule has 3 nitrogen and oxygen atoms in total. The summed E-state index contributed by atoms with van der Waals surface area (Å²) in [6, 6.07) is 16.1. The molecule has 4 rings (SSSR count). The maximum atomic E-state index is 13.0. The van der Waals surface area contributed by atoms with E-state index >= 15 is 0 Å². The van der Waals surface area contributed by atoms with Gasteiger partial charge in [-0.3, -0.25) is 4.68 Å². The van der Waals surface area contributed by atoms with E-state index in [1.807, 2.05) is 35.9 Å². The first kappa shape index (κ1) is 14.7. The summed E-state index contributed by atoms with van der Waals surface area (Å²) < 4.78 is 15.0. The second-order valence-electron chi connectivity index (χ2n) is 6.02. The molecule has 1 heterocycles. The van der Waals surface area contributed by atoms with E-state index in [0.717, 1.165) is 39.4 Å². The number of fused-ring (bicyclic) bond motifs is 3. The van der Waals surface area contributed by atoms with Crippen molar-refractivity contribution in [3.8, 4) is 5.75 Å². The van der Waals surface area contributed by atoms with E-state index in [1.54, 1.807) is 18.2 Å². The minimum atomic E-state index is -0.221. The van der Waals surface area contributed by atoms with E-state index in [0.29, 0.717) is 6.54 Å². The molecule has 120 valence electrons. The van der Waals surface area contributed by atoms with Crippen LogP contribution in [0.4, 0.5) is 4.39 Å². The van der Waals surface area contributed by atoms with Gasteiger partial charge in [-0.05, 0) is 37.1 Å². The van der Waals surface area contributed by atoms with E-state index in [4.69, 9.17) is 5.10 Å². The van der Waals surface area contributed by atoms with Crippen molar-refractivity contribution < 1.29 is 9.50 Å². The van der Waals surface area contributed by atoms with E-state index in [-0.39, 0.29) is 11.6 Å². The Morgan fingerprint density at radius 2 is 1.71 bits per heavy atom. The molecule has 1 aromatic heterocycles. The van der Waals surface area contributed by atoms with E-state index in [9.17, 15) is 9.50 Å². The Bertz CT molecular complexity index is 1040. The third kappa shape index (κ3) is 2.40. The molecule has 0 spiro atoms. The van der Waals surface area contributed by atoms with Crippen molar-refractivity contribution in [3.63, 3.8) is 0 Å². The van der Waals surface area contributed by atoms with Gasteiger partial charge in [-0.15, -0.1) is 0 Å². The van der Waals surface area contributed by atoms with E-state index in [1.165, 1.54) is 12.1 Å². The van der Waals surface area contributed by atoms with Crippen molar-refractivity contribution in [3.05, 3.63) is 71.7 Å². The summed E-state index contributed by atoms with van der Waals surface area (Å²) in [5, 5.41) is 17.7. The number of aromatic nitrogens is 2. The van der Waals surface area contributed by atoms with Gasteiger partial charge in [0, 0.05) is 28.4 Å². The van der Waals surface area contributed by atoms with Crippen LogP contribution >= 0.6 is 0 Å². The van der Waals surface area contributed by atoms with Crippen LogP contribution in [0, 0.1) is 12.7 Å². The fourth-order valence-corrected chi connectivity index (χ4v) is 3.16. The number of aryl methyl sites for hydroxylation is 3. The normalized spacial score (nSPS) is 11.4. The molecule has 24 heavy (non-hydrogen) atoms. The van der Waals surface area contributed by atoms with Crippen LogP contribution in [0.3, 0.4) is 0 Å². The van der Waals surface area contributed by atoms with Crippen molar-refractivity contribution in [1.29, 1.82) is 0 Å². The third-order valence-electron chi connectivity index (χ3n) is 4.52. The summed E-state index contributed by atoms with van der Waals surface area (Å²) in [7, 11) is 0. The summed E-state index contributed by atoms with van der Waals surface area (Å²) in [4.78, 5) is 0. The highest BCUT2D eigenvalue weighted by molar-refractivity contribution is 6.08. The van der Waals surface area contributed by atoms with Gasteiger partial charge in [-0.2, -0.15) is 5.10 Å². The molecule has 0 saturated carbocycles. The van der Waals surface area contributed by atoms with Crippen molar-refractivity contribution in [2.24, 2.45) is 0 Å². The maximum Gasteiger partial charge on any atom is 0.124 e. The first-order chi connectivity index (χ1) is 11.6. The number of phenolic OH excluding ortho intramolecular Hbond substituents is 1. The Labute approximate surface area is 139 Å². The maximum absolute atomic E-state index is 13.0. The number of aromatic hydroxyl groups is 1. The molecule has 0 amide bonds. The summed E-state index contributed by atoms with van der Waals surface area (Å²) in [6.45, 7) is 2.72. The summed E-state index contributed by atoms with van der Waals surface area (Å²) in [5.74, 6) is 0.0565. The van der Waals surface area contributed by atoms with Crippen LogP contribution in [-0.4, -0.2) is 14.9 Å². The molecule has 0 atom stereocenters. The van der Waals surface area contributed by atoms with Crippen molar-refractivity contribution in [2.45, 2.75) is 19.9 Å². The zero-order valence-electron chi connectivity index (χ0n) is 13.3. The second-order valence-corrected chi connectivity index (χ2v) is 6.02. The SMILES string of the molecule is Cc1c2cc(O)c3ccccc3c2nn1CCc1ccc(F)cc1. The molecule has 0 aliphatic heterocycles. The summed E-state index contributed by atoms with van der Waals surface area (Å²) in [6.07, 6.45) is 0.777. The lowest BCUT2D eigenvalue weighted by atomic mass is 10.1. The first-order valence-electron chi connectivity index (χ1n) is 7.96. The molecule has 1 N–H and O–H groups in total. The molecule has 0 fully saturated rings. The van der Waals surface area contributed by atoms with Gasteiger partial charge in [0.2, 0.25) is 0 Å². The lowest BCUT2D eigenvalue weighted by molar-refractivity contribution is 0.482. The van der Waals surface area contributed by atoms with Crippen LogP contribution in [-0.2, 0) is 13.0 Å². The lowest BCUT2D eigenvalue weighted by Crippen LogP contribution is -2.05. The topological polar surface area (TPSA) is 38.1 Å². The Morgan fingerprint density at radius 1 is 1.00 bits per heavy atom. The van der Waals surface area contributed by atoms with E-state index in [2.05, 4.69) is 0 Å². The van der Waals surface area contributed by atoms with Crippen LogP contribution in [0.5, 0.6) is 5.75 Å². The van der Waals surface area contributed by atoms with Gasteiger partial charge >= 0.3 is 0 Å². The fraction of sp³-hybridized carbons (Fsp3) is 0.150. The second kappa shape index (κ2) is 5.64. The number of phenols is 1. The van der Waals surface area contributed by atoms with Gasteiger partial charge in [-0.1, -0.05) is 36.4 Å². The monoisotopic (exact) mass is 320 g/mol. The largest absolute Gasteiger partial charge is 0.507 e. The Balaban J connectivity index is 1.75. The number of nitrogens with zero attached hydrogens (tertiary/aromatic N) is 2. The predicted octanol–water partition coefficient (Wildman–Crippen LogP) is 4.59. The zero-order chi connectivity index (χ0) is 16.7. The number of halogens is 1. The average molecular weight is 320 g/mol. The Hall–Kier alpha value is -2.88. The zero-order valence-corrected chi connectivity index (χ0v) is 13.3. The molecule has 4 heteroatoms. The number of hydrogen-bond acceptors (Lipinski definition) is 2. The Kier molecular flexibility index (Phi) is 3.45. The quantitative estimate of drug-likeness (QED) is 0.600. The van der Waals surface area contributed by atoms with E-state index < -0.39 is 0 Å². The Morgan fingerprint density at radius 3 is 2.46 bits per heavy atom. The molecule has 0 saturated heterocycles. The minimum absolute atomic E-state index is 0.221. The molecule has 0 bridgehead atoms. The molecular formula is C20H17FN2O. The molecule has 0 aliphatic carbocycles. The highest BCUT2D eigenvalue weighted by atomic mass is 19.1. The van der Waals surface area contributed by atoms with Crippen LogP contribution < -0.4 is 0 Å². The number of rotatable bonds is 3. The molecular weight excluding hydrogens is 303 g/mol. The van der Waals surface area contributed by atoms with Gasteiger partial charge in [0.25, 0.3) is 0 Å². The van der Waals surface area contributed by atoms with Crippen molar-refractivity contribution in [1.82, 2.24) is 9.78 Å². The van der Waals surface area contributed by atoms with Gasteiger partial charge in [0.05, 0.1) is 0 Å². The van der Waals surface area contributed by atoms with Crippen LogP contribution in [0.25, 0.3) is 21.7 Å².